The summed E-state index contributed by atoms with van der Waals surface area (Å²) in [6, 6.07) is 9.08. The Morgan fingerprint density at radius 1 is 1.23 bits per heavy atom. The van der Waals surface area contributed by atoms with Gasteiger partial charge in [-0.05, 0) is 42.0 Å². The molecule has 1 aliphatic rings. The van der Waals surface area contributed by atoms with Crippen molar-refractivity contribution in [2.75, 3.05) is 20.8 Å². The second-order valence-electron chi connectivity index (χ2n) is 6.94. The lowest BCUT2D eigenvalue weighted by Gasteiger charge is -2.26. The average molecular weight is 430 g/mol. The minimum atomic E-state index is -0.568. The SMILES string of the molecule is COc1cc2c(cc1OC)[C@H](c1c(O)n(-c3ccccc3F)c(=S)[nH]c1=O)[NH2+]CC2. The summed E-state index contributed by atoms with van der Waals surface area (Å²) >= 11 is 5.21. The summed E-state index contributed by atoms with van der Waals surface area (Å²) < 4.78 is 26.3. The van der Waals surface area contributed by atoms with Gasteiger partial charge in [-0.2, -0.15) is 0 Å². The summed E-state index contributed by atoms with van der Waals surface area (Å²) in [6.07, 6.45) is 0.761. The first-order valence-corrected chi connectivity index (χ1v) is 9.78. The number of ether oxygens (including phenoxy) is 2. The van der Waals surface area contributed by atoms with Crippen LogP contribution in [0.3, 0.4) is 0 Å². The van der Waals surface area contributed by atoms with Crippen LogP contribution in [0, 0.1) is 10.6 Å². The van der Waals surface area contributed by atoms with Crippen LogP contribution >= 0.6 is 12.2 Å². The normalized spacial score (nSPS) is 15.5. The van der Waals surface area contributed by atoms with Gasteiger partial charge in [-0.3, -0.25) is 14.3 Å². The highest BCUT2D eigenvalue weighted by molar-refractivity contribution is 7.71. The number of nitrogens with one attached hydrogen (secondary N) is 1. The van der Waals surface area contributed by atoms with Crippen molar-refractivity contribution in [3.63, 3.8) is 0 Å². The lowest BCUT2D eigenvalue weighted by atomic mass is 9.90. The second-order valence-corrected chi connectivity index (χ2v) is 7.33. The van der Waals surface area contributed by atoms with Gasteiger partial charge in [0.05, 0.1) is 26.5 Å². The molecule has 0 radical (unpaired) electrons. The summed E-state index contributed by atoms with van der Waals surface area (Å²) in [7, 11) is 3.10. The number of fused-ring (bicyclic) bond motifs is 1. The van der Waals surface area contributed by atoms with E-state index < -0.39 is 23.3 Å². The van der Waals surface area contributed by atoms with Crippen LogP contribution in [-0.2, 0) is 6.42 Å². The van der Waals surface area contributed by atoms with E-state index in [1.165, 1.54) is 25.3 Å². The Balaban J connectivity index is 1.96. The highest BCUT2D eigenvalue weighted by Gasteiger charge is 2.33. The molecule has 0 aliphatic carbocycles. The lowest BCUT2D eigenvalue weighted by Crippen LogP contribution is -2.87. The van der Waals surface area contributed by atoms with Crippen molar-refractivity contribution in [1.82, 2.24) is 9.55 Å². The molecule has 3 aromatic rings. The molecule has 0 saturated carbocycles. The van der Waals surface area contributed by atoms with Gasteiger partial charge in [0, 0.05) is 12.0 Å². The van der Waals surface area contributed by atoms with Crippen LogP contribution in [0.1, 0.15) is 22.7 Å². The summed E-state index contributed by atoms with van der Waals surface area (Å²) in [6.45, 7) is 0.696. The predicted molar refractivity (Wildman–Crippen MR) is 111 cm³/mol. The molecule has 156 valence electrons. The molecule has 1 aliphatic heterocycles. The molecule has 0 unspecified atom stereocenters. The van der Waals surface area contributed by atoms with Gasteiger partial charge in [0.2, 0.25) is 5.88 Å². The van der Waals surface area contributed by atoms with Gasteiger partial charge in [-0.1, -0.05) is 12.1 Å². The molecule has 1 atom stereocenters. The van der Waals surface area contributed by atoms with E-state index in [9.17, 15) is 14.3 Å². The van der Waals surface area contributed by atoms with Crippen molar-refractivity contribution >= 4 is 12.2 Å². The van der Waals surface area contributed by atoms with E-state index in [2.05, 4.69) is 4.98 Å². The molecule has 7 nitrogen and oxygen atoms in total. The Hall–Kier alpha value is -3.17. The third-order valence-electron chi connectivity index (χ3n) is 5.32. The standard InChI is InChI=1S/C21H20FN3O4S/c1-28-15-9-11-7-8-23-18(12(11)10-16(15)29-2)17-19(26)24-21(30)25(20(17)27)14-6-4-3-5-13(14)22/h3-6,9-10,18,23,27H,7-8H2,1-2H3,(H,24,26,30)/p+1/t18-/m1/s1. The van der Waals surface area contributed by atoms with Crippen molar-refractivity contribution in [2.24, 2.45) is 0 Å². The number of aromatic amines is 1. The van der Waals surface area contributed by atoms with Crippen molar-refractivity contribution < 1.29 is 24.3 Å². The third-order valence-corrected chi connectivity index (χ3v) is 5.61. The second kappa shape index (κ2) is 7.92. The minimum absolute atomic E-state index is 0.0563. The zero-order chi connectivity index (χ0) is 21.4. The summed E-state index contributed by atoms with van der Waals surface area (Å²) in [4.78, 5) is 15.4. The van der Waals surface area contributed by atoms with Crippen molar-refractivity contribution in [3.8, 4) is 23.1 Å². The fourth-order valence-corrected chi connectivity index (χ4v) is 4.20. The number of aromatic hydroxyl groups is 1. The van der Waals surface area contributed by atoms with Crippen LogP contribution < -0.4 is 20.3 Å². The van der Waals surface area contributed by atoms with Crippen molar-refractivity contribution in [1.29, 1.82) is 0 Å². The molecule has 1 aromatic heterocycles. The van der Waals surface area contributed by atoms with E-state index in [4.69, 9.17) is 21.7 Å². The molecular formula is C21H21FN3O4S+. The molecule has 30 heavy (non-hydrogen) atoms. The molecule has 9 heteroatoms. The van der Waals surface area contributed by atoms with E-state index in [-0.39, 0.29) is 16.0 Å². The molecule has 0 bridgehead atoms. The largest absolute Gasteiger partial charge is 0.494 e. The first kappa shape index (κ1) is 20.1. The fraction of sp³-hybridized carbons (Fsp3) is 0.238. The van der Waals surface area contributed by atoms with Crippen LogP contribution in [0.5, 0.6) is 17.4 Å². The zero-order valence-corrected chi connectivity index (χ0v) is 17.3. The van der Waals surface area contributed by atoms with Gasteiger partial charge in [-0.25, -0.2) is 4.39 Å². The van der Waals surface area contributed by atoms with Crippen LogP contribution in [0.2, 0.25) is 0 Å². The number of hydrogen-bond donors (Lipinski definition) is 3. The van der Waals surface area contributed by atoms with Gasteiger partial charge in [0.25, 0.3) is 5.56 Å². The van der Waals surface area contributed by atoms with Crippen LogP contribution in [0.15, 0.2) is 41.2 Å². The molecule has 0 amide bonds. The monoisotopic (exact) mass is 430 g/mol. The predicted octanol–water partition coefficient (Wildman–Crippen LogP) is 1.97. The summed E-state index contributed by atoms with van der Waals surface area (Å²) in [5.41, 5.74) is 1.44. The zero-order valence-electron chi connectivity index (χ0n) is 16.4. The van der Waals surface area contributed by atoms with Gasteiger partial charge in [0.15, 0.2) is 16.3 Å². The maximum absolute atomic E-state index is 14.4. The highest BCUT2D eigenvalue weighted by Crippen LogP contribution is 2.37. The number of nitrogens with zero attached hydrogens (tertiary/aromatic N) is 1. The number of para-hydroxylation sites is 1. The molecule has 2 heterocycles. The summed E-state index contributed by atoms with van der Waals surface area (Å²) in [5, 5.41) is 13.0. The molecule has 2 aromatic carbocycles. The van der Waals surface area contributed by atoms with Crippen molar-refractivity contribution in [2.45, 2.75) is 12.5 Å². The van der Waals surface area contributed by atoms with E-state index >= 15 is 0 Å². The number of benzene rings is 2. The number of H-pyrrole nitrogens is 1. The fourth-order valence-electron chi connectivity index (χ4n) is 3.92. The maximum Gasteiger partial charge on any atom is 0.265 e. The van der Waals surface area contributed by atoms with E-state index in [1.807, 2.05) is 17.4 Å². The Bertz CT molecular complexity index is 1240. The van der Waals surface area contributed by atoms with Gasteiger partial charge >= 0.3 is 0 Å². The molecule has 4 N–H and O–H groups in total. The van der Waals surface area contributed by atoms with Crippen LogP contribution in [-0.4, -0.2) is 35.4 Å². The molecule has 0 spiro atoms. The Labute approximate surface area is 176 Å². The van der Waals surface area contributed by atoms with Gasteiger partial charge < -0.3 is 19.9 Å². The third kappa shape index (κ3) is 3.25. The number of halogens is 1. The number of rotatable bonds is 4. The quantitative estimate of drug-likeness (QED) is 0.551. The van der Waals surface area contributed by atoms with E-state index in [0.29, 0.717) is 18.0 Å². The van der Waals surface area contributed by atoms with Crippen molar-refractivity contribution in [3.05, 3.63) is 74.0 Å². The van der Waals surface area contributed by atoms with E-state index in [0.717, 1.165) is 22.1 Å². The number of methoxy groups -OCH3 is 2. The number of quaternary nitrogens is 1. The van der Waals surface area contributed by atoms with Gasteiger partial charge in [0.1, 0.15) is 17.4 Å². The number of aromatic nitrogens is 2. The summed E-state index contributed by atoms with van der Waals surface area (Å²) in [5.74, 6) is 0.158. The highest BCUT2D eigenvalue weighted by atomic mass is 32.1. The lowest BCUT2D eigenvalue weighted by molar-refractivity contribution is -0.690. The molecule has 0 saturated heterocycles. The first-order chi connectivity index (χ1) is 14.5. The Kier molecular flexibility index (Phi) is 5.31. The number of nitrogens with two attached hydrogens (primary N) is 1. The Morgan fingerprint density at radius 3 is 2.63 bits per heavy atom. The average Bonchev–Trinajstić information content (AvgIpc) is 2.73. The Morgan fingerprint density at radius 2 is 1.93 bits per heavy atom. The maximum atomic E-state index is 14.4. The smallest absolute Gasteiger partial charge is 0.265 e. The first-order valence-electron chi connectivity index (χ1n) is 9.37. The molecule has 0 fully saturated rings. The number of hydrogen-bond acceptors (Lipinski definition) is 5. The topological polar surface area (TPSA) is 93.1 Å². The van der Waals surface area contributed by atoms with Crippen LogP contribution in [0.4, 0.5) is 4.39 Å². The molecular weight excluding hydrogens is 409 g/mol. The molecule has 4 rings (SSSR count). The van der Waals surface area contributed by atoms with Crippen LogP contribution in [0.25, 0.3) is 5.69 Å². The van der Waals surface area contributed by atoms with E-state index in [1.54, 1.807) is 13.2 Å². The van der Waals surface area contributed by atoms with Gasteiger partial charge in [-0.15, -0.1) is 0 Å². The minimum Gasteiger partial charge on any atom is -0.494 e.